The lowest BCUT2D eigenvalue weighted by Crippen LogP contribution is -2.37. The van der Waals surface area contributed by atoms with Gasteiger partial charge in [-0.2, -0.15) is 0 Å². The predicted molar refractivity (Wildman–Crippen MR) is 90.7 cm³/mol. The van der Waals surface area contributed by atoms with Crippen molar-refractivity contribution >= 4 is 23.5 Å². The zero-order valence-electron chi connectivity index (χ0n) is 14.4. The molecule has 0 bridgehead atoms. The van der Waals surface area contributed by atoms with Crippen molar-refractivity contribution in [3.05, 3.63) is 29.3 Å². The van der Waals surface area contributed by atoms with E-state index in [0.29, 0.717) is 13.2 Å². The highest BCUT2D eigenvalue weighted by atomic mass is 16.5. The molecule has 1 N–H and O–H groups in total. The van der Waals surface area contributed by atoms with E-state index in [-0.39, 0.29) is 43.1 Å². The van der Waals surface area contributed by atoms with Crippen molar-refractivity contribution in [2.24, 2.45) is 0 Å². The topological polar surface area (TPSA) is 75.7 Å². The van der Waals surface area contributed by atoms with Crippen molar-refractivity contribution in [1.82, 2.24) is 5.32 Å². The highest BCUT2D eigenvalue weighted by Gasteiger charge is 2.31. The van der Waals surface area contributed by atoms with Gasteiger partial charge in [0.15, 0.2) is 0 Å². The van der Waals surface area contributed by atoms with E-state index in [9.17, 15) is 14.4 Å². The first kappa shape index (κ1) is 18.0. The molecule has 24 heavy (non-hydrogen) atoms. The third kappa shape index (κ3) is 4.57. The molecule has 1 aromatic rings. The number of amides is 2. The molecular weight excluding hydrogens is 308 g/mol. The average Bonchev–Trinajstić information content (AvgIpc) is 2.89. The lowest BCUT2D eigenvalue weighted by molar-refractivity contribution is -0.144. The second-order valence-corrected chi connectivity index (χ2v) is 6.05. The maximum absolute atomic E-state index is 12.2. The van der Waals surface area contributed by atoms with Gasteiger partial charge < -0.3 is 15.0 Å². The Morgan fingerprint density at radius 3 is 2.67 bits per heavy atom. The monoisotopic (exact) mass is 332 g/mol. The molecule has 130 valence electrons. The van der Waals surface area contributed by atoms with Gasteiger partial charge in [0.25, 0.3) is 0 Å². The van der Waals surface area contributed by atoms with Gasteiger partial charge in [0, 0.05) is 25.1 Å². The van der Waals surface area contributed by atoms with Crippen LogP contribution in [0.1, 0.15) is 37.3 Å². The fourth-order valence-electron chi connectivity index (χ4n) is 2.70. The van der Waals surface area contributed by atoms with Gasteiger partial charge in [-0.05, 0) is 44.0 Å². The molecule has 0 aliphatic carbocycles. The van der Waals surface area contributed by atoms with Crippen molar-refractivity contribution < 1.29 is 19.1 Å². The molecule has 0 radical (unpaired) electrons. The summed E-state index contributed by atoms with van der Waals surface area (Å²) >= 11 is 0. The third-order valence-electron chi connectivity index (χ3n) is 4.15. The van der Waals surface area contributed by atoms with Gasteiger partial charge in [-0.25, -0.2) is 0 Å². The minimum absolute atomic E-state index is 0.00561. The Morgan fingerprint density at radius 2 is 2.00 bits per heavy atom. The number of ether oxygens (including phenoxy) is 1. The summed E-state index contributed by atoms with van der Waals surface area (Å²) in [5.41, 5.74) is 3.16. The van der Waals surface area contributed by atoms with Crippen molar-refractivity contribution in [1.29, 1.82) is 0 Å². The van der Waals surface area contributed by atoms with Crippen LogP contribution in [0, 0.1) is 13.8 Å². The average molecular weight is 332 g/mol. The van der Waals surface area contributed by atoms with Gasteiger partial charge >= 0.3 is 5.97 Å². The Balaban J connectivity index is 1.88. The first-order valence-corrected chi connectivity index (χ1v) is 8.23. The summed E-state index contributed by atoms with van der Waals surface area (Å²) in [6, 6.07) is 5.67. The third-order valence-corrected chi connectivity index (χ3v) is 4.15. The first-order chi connectivity index (χ1) is 11.4. The summed E-state index contributed by atoms with van der Waals surface area (Å²) in [7, 11) is 0. The minimum atomic E-state index is -0.382. The molecule has 2 rings (SSSR count). The van der Waals surface area contributed by atoms with Crippen molar-refractivity contribution in [2.45, 2.75) is 46.1 Å². The van der Waals surface area contributed by atoms with Gasteiger partial charge in [-0.1, -0.05) is 6.07 Å². The van der Waals surface area contributed by atoms with Crippen LogP contribution in [0.15, 0.2) is 18.2 Å². The molecule has 6 nitrogen and oxygen atoms in total. The summed E-state index contributed by atoms with van der Waals surface area (Å²) < 4.78 is 4.79. The number of rotatable bonds is 6. The minimum Gasteiger partial charge on any atom is -0.466 e. The smallest absolute Gasteiger partial charge is 0.306 e. The lowest BCUT2D eigenvalue weighted by Gasteiger charge is -2.18. The van der Waals surface area contributed by atoms with E-state index >= 15 is 0 Å². The first-order valence-electron chi connectivity index (χ1n) is 8.23. The van der Waals surface area contributed by atoms with E-state index < -0.39 is 0 Å². The quantitative estimate of drug-likeness (QED) is 0.807. The number of benzene rings is 1. The fraction of sp³-hybridized carbons (Fsp3) is 0.500. The zero-order chi connectivity index (χ0) is 17.7. The summed E-state index contributed by atoms with van der Waals surface area (Å²) in [5, 5.41) is 2.82. The summed E-state index contributed by atoms with van der Waals surface area (Å²) in [4.78, 5) is 37.1. The summed E-state index contributed by atoms with van der Waals surface area (Å²) in [5.74, 6) is -0.622. The van der Waals surface area contributed by atoms with Crippen LogP contribution < -0.4 is 10.2 Å². The van der Waals surface area contributed by atoms with Crippen molar-refractivity contribution in [3.63, 3.8) is 0 Å². The Morgan fingerprint density at radius 1 is 1.25 bits per heavy atom. The number of anilines is 1. The number of nitrogens with zero attached hydrogens (tertiary/aromatic N) is 1. The molecule has 2 amide bonds. The molecule has 1 unspecified atom stereocenters. The molecule has 0 saturated carbocycles. The largest absolute Gasteiger partial charge is 0.466 e. The van der Waals surface area contributed by atoms with Crippen LogP contribution in [-0.4, -0.2) is 37.0 Å². The van der Waals surface area contributed by atoms with Gasteiger partial charge in [0.05, 0.1) is 19.1 Å². The molecule has 0 aromatic heterocycles. The molecule has 1 aliphatic heterocycles. The van der Waals surface area contributed by atoms with Crippen LogP contribution in [0.5, 0.6) is 0 Å². The molecular formula is C18H24N2O4. The number of hydrogen-bond acceptors (Lipinski definition) is 4. The fourth-order valence-corrected chi connectivity index (χ4v) is 2.70. The van der Waals surface area contributed by atoms with Crippen LogP contribution >= 0.6 is 0 Å². The summed E-state index contributed by atoms with van der Waals surface area (Å²) in [6.07, 6.45) is 0.409. The van der Waals surface area contributed by atoms with Crippen LogP contribution in [0.3, 0.4) is 0 Å². The van der Waals surface area contributed by atoms with E-state index in [1.165, 1.54) is 5.56 Å². The molecule has 0 spiro atoms. The number of esters is 1. The highest BCUT2D eigenvalue weighted by Crippen LogP contribution is 2.24. The normalized spacial score (nSPS) is 17.0. The van der Waals surface area contributed by atoms with Gasteiger partial charge in [0.2, 0.25) is 11.8 Å². The van der Waals surface area contributed by atoms with E-state index in [0.717, 1.165) is 11.3 Å². The van der Waals surface area contributed by atoms with Crippen LogP contribution in [0.2, 0.25) is 0 Å². The number of aryl methyl sites for hydroxylation is 2. The Labute approximate surface area is 142 Å². The van der Waals surface area contributed by atoms with E-state index in [1.54, 1.807) is 11.8 Å². The number of hydrogen-bond donors (Lipinski definition) is 1. The Kier molecular flexibility index (Phi) is 5.95. The lowest BCUT2D eigenvalue weighted by atomic mass is 10.1. The zero-order valence-corrected chi connectivity index (χ0v) is 14.4. The van der Waals surface area contributed by atoms with Gasteiger partial charge in [-0.3, -0.25) is 14.4 Å². The molecule has 1 aromatic carbocycles. The van der Waals surface area contributed by atoms with Crippen LogP contribution in [-0.2, 0) is 19.1 Å². The maximum Gasteiger partial charge on any atom is 0.306 e. The van der Waals surface area contributed by atoms with Crippen molar-refractivity contribution in [3.8, 4) is 0 Å². The van der Waals surface area contributed by atoms with Crippen molar-refractivity contribution in [2.75, 3.05) is 18.1 Å². The van der Waals surface area contributed by atoms with Gasteiger partial charge in [-0.15, -0.1) is 0 Å². The maximum atomic E-state index is 12.2. The van der Waals surface area contributed by atoms with E-state index in [4.69, 9.17) is 4.74 Å². The number of carbonyl (C=O) groups is 3. The Hall–Kier alpha value is -2.37. The second-order valence-electron chi connectivity index (χ2n) is 6.05. The van der Waals surface area contributed by atoms with E-state index in [1.807, 2.05) is 32.0 Å². The SMILES string of the molecule is CCOC(=O)CCC(=O)NC1CC(=O)N(c2ccc(C)c(C)c2)C1. The van der Waals surface area contributed by atoms with Gasteiger partial charge in [0.1, 0.15) is 0 Å². The molecule has 6 heteroatoms. The molecule has 1 saturated heterocycles. The standard InChI is InChI=1S/C18H24N2O4/c1-4-24-18(23)8-7-16(21)19-14-10-17(22)20(11-14)15-6-5-12(2)13(3)9-15/h5-6,9,14H,4,7-8,10-11H2,1-3H3,(H,19,21). The van der Waals surface area contributed by atoms with Crippen LogP contribution in [0.4, 0.5) is 5.69 Å². The predicted octanol–water partition coefficient (Wildman–Crippen LogP) is 1.87. The van der Waals surface area contributed by atoms with E-state index in [2.05, 4.69) is 5.32 Å². The molecule has 1 atom stereocenters. The number of carbonyl (C=O) groups excluding carboxylic acids is 3. The molecule has 1 heterocycles. The molecule has 1 aliphatic rings. The highest BCUT2D eigenvalue weighted by molar-refractivity contribution is 5.97. The number of nitrogens with one attached hydrogen (secondary N) is 1. The summed E-state index contributed by atoms with van der Waals surface area (Å²) in [6.45, 7) is 6.52. The van der Waals surface area contributed by atoms with Crippen LogP contribution in [0.25, 0.3) is 0 Å². The molecule has 1 fully saturated rings. The second kappa shape index (κ2) is 7.95. The Bertz CT molecular complexity index is 642.